The van der Waals surface area contributed by atoms with Crippen LogP contribution in [0.4, 0.5) is 0 Å². The first-order valence-corrected chi connectivity index (χ1v) is 7.54. The number of aromatic nitrogens is 3. The highest BCUT2D eigenvalue weighted by Crippen LogP contribution is 2.27. The van der Waals surface area contributed by atoms with E-state index in [2.05, 4.69) is 10.1 Å². The van der Waals surface area contributed by atoms with Crippen LogP contribution in [0.15, 0.2) is 55.1 Å². The van der Waals surface area contributed by atoms with Gasteiger partial charge >= 0.3 is 0 Å². The van der Waals surface area contributed by atoms with Crippen LogP contribution in [0.5, 0.6) is 11.5 Å². The summed E-state index contributed by atoms with van der Waals surface area (Å²) >= 11 is 5.86. The van der Waals surface area contributed by atoms with E-state index >= 15 is 0 Å². The maximum Gasteiger partial charge on any atom is 0.137 e. The van der Waals surface area contributed by atoms with Gasteiger partial charge in [-0.3, -0.25) is 4.68 Å². The first-order chi connectivity index (χ1) is 11.1. The fourth-order valence-electron chi connectivity index (χ4n) is 2.33. The molecule has 118 valence electrons. The summed E-state index contributed by atoms with van der Waals surface area (Å²) in [6.07, 6.45) is 2.38. The molecule has 1 heterocycles. The van der Waals surface area contributed by atoms with Crippen LogP contribution < -0.4 is 4.74 Å². The van der Waals surface area contributed by atoms with Crippen molar-refractivity contribution in [3.63, 3.8) is 0 Å². The third-order valence-corrected chi connectivity index (χ3v) is 3.73. The molecule has 6 heteroatoms. The van der Waals surface area contributed by atoms with Crippen molar-refractivity contribution in [1.82, 2.24) is 14.8 Å². The first kappa shape index (κ1) is 15.5. The standard InChI is InChI=1S/C17H16ClN3O2/c1-12-8-15(23-14-4-2-13(18)3-5-14)6-7-16(12)17(22)9-21-11-19-10-20-21/h2-8,10-11,17,22H,9H2,1H3. The van der Waals surface area contributed by atoms with E-state index in [-0.39, 0.29) is 0 Å². The maximum absolute atomic E-state index is 10.3. The molecule has 0 spiro atoms. The highest BCUT2D eigenvalue weighted by Gasteiger charge is 2.12. The highest BCUT2D eigenvalue weighted by molar-refractivity contribution is 6.30. The lowest BCUT2D eigenvalue weighted by Crippen LogP contribution is -2.10. The topological polar surface area (TPSA) is 60.2 Å². The van der Waals surface area contributed by atoms with Crippen LogP contribution in [-0.2, 0) is 6.54 Å². The van der Waals surface area contributed by atoms with Crippen molar-refractivity contribution in [2.45, 2.75) is 19.6 Å². The Kier molecular flexibility index (Phi) is 4.60. The molecular weight excluding hydrogens is 314 g/mol. The maximum atomic E-state index is 10.3. The molecule has 0 aliphatic heterocycles. The van der Waals surface area contributed by atoms with Gasteiger partial charge in [-0.25, -0.2) is 4.98 Å². The number of aryl methyl sites for hydroxylation is 1. The van der Waals surface area contributed by atoms with Gasteiger partial charge in [0, 0.05) is 5.02 Å². The number of aliphatic hydroxyl groups excluding tert-OH is 1. The molecule has 0 radical (unpaired) electrons. The summed E-state index contributed by atoms with van der Waals surface area (Å²) in [5.41, 5.74) is 1.79. The molecule has 0 saturated heterocycles. The van der Waals surface area contributed by atoms with E-state index in [0.29, 0.717) is 23.1 Å². The fourth-order valence-corrected chi connectivity index (χ4v) is 2.45. The Balaban J connectivity index is 1.73. The average molecular weight is 330 g/mol. The molecule has 0 fully saturated rings. The van der Waals surface area contributed by atoms with Gasteiger partial charge in [0.25, 0.3) is 0 Å². The molecule has 0 aliphatic rings. The van der Waals surface area contributed by atoms with Gasteiger partial charge in [-0.1, -0.05) is 17.7 Å². The Morgan fingerprint density at radius 1 is 1.17 bits per heavy atom. The fraction of sp³-hybridized carbons (Fsp3) is 0.176. The molecule has 1 N–H and O–H groups in total. The van der Waals surface area contributed by atoms with Crippen LogP contribution in [0, 0.1) is 6.92 Å². The lowest BCUT2D eigenvalue weighted by Gasteiger charge is -2.15. The van der Waals surface area contributed by atoms with E-state index in [0.717, 1.165) is 11.1 Å². The van der Waals surface area contributed by atoms with Crippen molar-refractivity contribution in [2.75, 3.05) is 0 Å². The van der Waals surface area contributed by atoms with Crippen LogP contribution in [-0.4, -0.2) is 19.9 Å². The smallest absolute Gasteiger partial charge is 0.137 e. The quantitative estimate of drug-likeness (QED) is 0.774. The van der Waals surface area contributed by atoms with Gasteiger partial charge in [-0.15, -0.1) is 0 Å². The van der Waals surface area contributed by atoms with Crippen molar-refractivity contribution in [3.8, 4) is 11.5 Å². The number of benzene rings is 2. The Morgan fingerprint density at radius 3 is 2.57 bits per heavy atom. The summed E-state index contributed by atoms with van der Waals surface area (Å²) in [6, 6.07) is 12.8. The zero-order chi connectivity index (χ0) is 16.2. The van der Waals surface area contributed by atoms with Crippen LogP contribution in [0.25, 0.3) is 0 Å². The summed E-state index contributed by atoms with van der Waals surface area (Å²) in [6.45, 7) is 2.30. The number of hydrogen-bond acceptors (Lipinski definition) is 4. The third kappa shape index (κ3) is 3.88. The van der Waals surface area contributed by atoms with Gasteiger partial charge in [0.15, 0.2) is 0 Å². The number of aliphatic hydroxyl groups is 1. The van der Waals surface area contributed by atoms with E-state index in [1.807, 2.05) is 37.3 Å². The Hall–Kier alpha value is -2.37. The predicted octanol–water partition coefficient (Wildman–Crippen LogP) is 3.77. The zero-order valence-corrected chi connectivity index (χ0v) is 13.3. The van der Waals surface area contributed by atoms with Crippen LogP contribution in [0.2, 0.25) is 5.02 Å². The molecule has 1 unspecified atom stereocenters. The molecule has 0 saturated carbocycles. The monoisotopic (exact) mass is 329 g/mol. The van der Waals surface area contributed by atoms with Gasteiger partial charge in [0.2, 0.25) is 0 Å². The van der Waals surface area contributed by atoms with Crippen molar-refractivity contribution in [3.05, 3.63) is 71.3 Å². The number of nitrogens with zero attached hydrogens (tertiary/aromatic N) is 3. The number of halogens is 1. The van der Waals surface area contributed by atoms with Crippen molar-refractivity contribution in [2.24, 2.45) is 0 Å². The Morgan fingerprint density at radius 2 is 1.91 bits per heavy atom. The lowest BCUT2D eigenvalue weighted by molar-refractivity contribution is 0.150. The number of rotatable bonds is 5. The summed E-state index contributed by atoms with van der Waals surface area (Å²) in [4.78, 5) is 3.87. The molecule has 5 nitrogen and oxygen atoms in total. The molecule has 0 aliphatic carbocycles. The molecule has 3 aromatic rings. The van der Waals surface area contributed by atoms with Crippen LogP contribution in [0.3, 0.4) is 0 Å². The highest BCUT2D eigenvalue weighted by atomic mass is 35.5. The van der Waals surface area contributed by atoms with Gasteiger partial charge in [-0.05, 0) is 54.4 Å². The molecule has 0 amide bonds. The number of ether oxygens (including phenoxy) is 1. The average Bonchev–Trinajstić information content (AvgIpc) is 3.02. The second kappa shape index (κ2) is 6.81. The lowest BCUT2D eigenvalue weighted by atomic mass is 10.0. The van der Waals surface area contributed by atoms with Crippen molar-refractivity contribution < 1.29 is 9.84 Å². The minimum Gasteiger partial charge on any atom is -0.457 e. The molecule has 0 bridgehead atoms. The molecule has 1 atom stereocenters. The van der Waals surface area contributed by atoms with E-state index in [9.17, 15) is 5.11 Å². The van der Waals surface area contributed by atoms with Crippen LogP contribution in [0.1, 0.15) is 17.2 Å². The van der Waals surface area contributed by atoms with E-state index in [4.69, 9.17) is 16.3 Å². The molecule has 1 aromatic heterocycles. The van der Waals surface area contributed by atoms with E-state index < -0.39 is 6.10 Å². The minimum absolute atomic E-state index is 0.359. The third-order valence-electron chi connectivity index (χ3n) is 3.48. The molecule has 3 rings (SSSR count). The summed E-state index contributed by atoms with van der Waals surface area (Å²) in [5, 5.41) is 15.0. The second-order valence-corrected chi connectivity index (χ2v) is 5.64. The zero-order valence-electron chi connectivity index (χ0n) is 12.6. The molecular formula is C17H16ClN3O2. The van der Waals surface area contributed by atoms with Crippen LogP contribution >= 0.6 is 11.6 Å². The largest absolute Gasteiger partial charge is 0.457 e. The summed E-state index contributed by atoms with van der Waals surface area (Å²) in [7, 11) is 0. The van der Waals surface area contributed by atoms with Gasteiger partial charge in [0.05, 0.1) is 12.6 Å². The molecule has 2 aromatic carbocycles. The summed E-state index contributed by atoms with van der Waals surface area (Å²) in [5.74, 6) is 1.42. The first-order valence-electron chi connectivity index (χ1n) is 7.16. The van der Waals surface area contributed by atoms with Crippen molar-refractivity contribution in [1.29, 1.82) is 0 Å². The normalized spacial score (nSPS) is 12.1. The SMILES string of the molecule is Cc1cc(Oc2ccc(Cl)cc2)ccc1C(O)Cn1cncn1. The summed E-state index contributed by atoms with van der Waals surface area (Å²) < 4.78 is 7.39. The number of hydrogen-bond donors (Lipinski definition) is 1. The second-order valence-electron chi connectivity index (χ2n) is 5.21. The predicted molar refractivity (Wildman–Crippen MR) is 87.7 cm³/mol. The molecule has 23 heavy (non-hydrogen) atoms. The van der Waals surface area contributed by atoms with E-state index in [1.54, 1.807) is 23.1 Å². The Bertz CT molecular complexity index is 773. The van der Waals surface area contributed by atoms with Gasteiger partial charge in [-0.2, -0.15) is 5.10 Å². The van der Waals surface area contributed by atoms with E-state index in [1.165, 1.54) is 6.33 Å². The van der Waals surface area contributed by atoms with Gasteiger partial charge < -0.3 is 9.84 Å². The van der Waals surface area contributed by atoms with Gasteiger partial charge in [0.1, 0.15) is 24.2 Å². The Labute approximate surface area is 139 Å². The van der Waals surface area contributed by atoms with Crippen molar-refractivity contribution >= 4 is 11.6 Å². The minimum atomic E-state index is -0.652.